The third-order valence-electron chi connectivity index (χ3n) is 3.20. The summed E-state index contributed by atoms with van der Waals surface area (Å²) < 4.78 is 7.77. The number of nitrogens with zero attached hydrogens (tertiary/aromatic N) is 2. The van der Waals surface area contributed by atoms with Gasteiger partial charge in [-0.1, -0.05) is 0 Å². The quantitative estimate of drug-likeness (QED) is 0.377. The summed E-state index contributed by atoms with van der Waals surface area (Å²) in [5.74, 6) is 0.974. The molecular weight excluding hydrogens is 348 g/mol. The lowest BCUT2D eigenvalue weighted by molar-refractivity contribution is -0.144. The highest BCUT2D eigenvalue weighted by atomic mass is 32.2. The Morgan fingerprint density at radius 1 is 1.68 bits per heavy atom. The highest BCUT2D eigenvalue weighted by Crippen LogP contribution is 2.42. The molecule has 1 saturated heterocycles. The highest BCUT2D eigenvalue weighted by Gasteiger charge is 2.51. The second-order valence-corrected chi connectivity index (χ2v) is 8.23. The van der Waals surface area contributed by atoms with Crippen LogP contribution in [0, 0.1) is 0 Å². The van der Waals surface area contributed by atoms with E-state index in [-0.39, 0.29) is 17.2 Å². The largest absolute Gasteiger partial charge is 0.512 e. The standard InChI is InChI=1S/C11H14N4O4S3/c1-14-13-2-6(22-14)20-3-5-4-21-10-7(12)8(16)15(10)9(5)19-11(17)18/h2,7,10,13H,3-4,12H2,1H3,(H,17,18)/t7?,10-/m0/s1. The van der Waals surface area contributed by atoms with Crippen molar-refractivity contribution in [2.24, 2.45) is 5.73 Å². The lowest BCUT2D eigenvalue weighted by Crippen LogP contribution is -2.68. The number of rotatable bonds is 4. The van der Waals surface area contributed by atoms with E-state index in [4.69, 9.17) is 15.6 Å². The number of carboxylic acid groups (broad SMARTS) is 1. The first kappa shape index (κ1) is 15.9. The number of ether oxygens (including phenoxy) is 1. The fourth-order valence-corrected chi connectivity index (χ4v) is 5.44. The Morgan fingerprint density at radius 2 is 2.45 bits per heavy atom. The summed E-state index contributed by atoms with van der Waals surface area (Å²) in [6.45, 7) is 0. The Balaban J connectivity index is 1.74. The molecular formula is C11H14N4O4S3. The molecule has 0 saturated carbocycles. The number of amides is 1. The second kappa shape index (κ2) is 6.24. The molecule has 3 rings (SSSR count). The summed E-state index contributed by atoms with van der Waals surface area (Å²) in [6, 6.07) is -0.586. The van der Waals surface area contributed by atoms with Crippen LogP contribution in [0.4, 0.5) is 4.79 Å². The van der Waals surface area contributed by atoms with Crippen LogP contribution in [0.2, 0.25) is 0 Å². The summed E-state index contributed by atoms with van der Waals surface area (Å²) in [6.07, 6.45) is 0.448. The van der Waals surface area contributed by atoms with Gasteiger partial charge in [-0.2, -0.15) is 4.41 Å². The lowest BCUT2D eigenvalue weighted by atomic mass is 10.1. The van der Waals surface area contributed by atoms with Gasteiger partial charge in [0.25, 0.3) is 0 Å². The van der Waals surface area contributed by atoms with E-state index in [1.165, 1.54) is 16.7 Å². The van der Waals surface area contributed by atoms with Crippen molar-refractivity contribution in [3.8, 4) is 0 Å². The van der Waals surface area contributed by atoms with Gasteiger partial charge in [0.2, 0.25) is 11.8 Å². The van der Waals surface area contributed by atoms with Crippen LogP contribution in [-0.4, -0.2) is 56.5 Å². The molecule has 11 heteroatoms. The van der Waals surface area contributed by atoms with Crippen molar-refractivity contribution < 1.29 is 19.4 Å². The number of hydrazine groups is 1. The number of hydrogen-bond donors (Lipinski definition) is 3. The minimum Gasteiger partial charge on any atom is -0.449 e. The molecule has 1 amide bonds. The molecule has 1 fully saturated rings. The average Bonchev–Trinajstić information content (AvgIpc) is 2.89. The van der Waals surface area contributed by atoms with Crippen LogP contribution >= 0.6 is 35.5 Å². The third kappa shape index (κ3) is 2.91. The molecule has 22 heavy (non-hydrogen) atoms. The van der Waals surface area contributed by atoms with Crippen molar-refractivity contribution in [2.75, 3.05) is 18.6 Å². The van der Waals surface area contributed by atoms with Crippen molar-refractivity contribution in [2.45, 2.75) is 11.4 Å². The van der Waals surface area contributed by atoms with Crippen molar-refractivity contribution in [1.82, 2.24) is 14.7 Å². The maximum atomic E-state index is 11.9. The molecule has 0 spiro atoms. The van der Waals surface area contributed by atoms with Gasteiger partial charge in [-0.3, -0.25) is 9.69 Å². The zero-order chi connectivity index (χ0) is 15.9. The number of hydrogen-bond acceptors (Lipinski definition) is 9. The maximum Gasteiger partial charge on any atom is 0.512 e. The molecule has 0 aromatic carbocycles. The smallest absolute Gasteiger partial charge is 0.449 e. The van der Waals surface area contributed by atoms with Crippen LogP contribution in [-0.2, 0) is 9.53 Å². The Kier molecular flexibility index (Phi) is 4.50. The normalized spacial score (nSPS) is 28.0. The lowest BCUT2D eigenvalue weighted by Gasteiger charge is -2.47. The number of nitrogens with two attached hydrogens (primary N) is 1. The van der Waals surface area contributed by atoms with E-state index >= 15 is 0 Å². The molecule has 3 aliphatic heterocycles. The zero-order valence-corrected chi connectivity index (χ0v) is 14.0. The molecule has 120 valence electrons. The van der Waals surface area contributed by atoms with Crippen LogP contribution in [0.25, 0.3) is 0 Å². The number of nitrogens with one attached hydrogen (secondary N) is 1. The van der Waals surface area contributed by atoms with Crippen LogP contribution in [0.1, 0.15) is 0 Å². The molecule has 3 heterocycles. The van der Waals surface area contributed by atoms with Gasteiger partial charge in [-0.05, 0) is 11.9 Å². The minimum absolute atomic E-state index is 0.125. The summed E-state index contributed by atoms with van der Waals surface area (Å²) >= 11 is 4.64. The topological polar surface area (TPSA) is 108 Å². The molecule has 0 bridgehead atoms. The number of thioether (sulfide) groups is 2. The number of β-lactam (4-membered cyclic amide) rings is 1. The first-order chi connectivity index (χ1) is 10.5. The third-order valence-corrected chi connectivity index (χ3v) is 6.71. The summed E-state index contributed by atoms with van der Waals surface area (Å²) in [7, 11) is 1.90. The van der Waals surface area contributed by atoms with Crippen LogP contribution in [0.3, 0.4) is 0 Å². The molecule has 4 N–H and O–H groups in total. The molecule has 1 unspecified atom stereocenters. The van der Waals surface area contributed by atoms with Gasteiger partial charge >= 0.3 is 6.16 Å². The molecule has 0 aliphatic carbocycles. The van der Waals surface area contributed by atoms with Crippen LogP contribution in [0.5, 0.6) is 0 Å². The SMILES string of the molecule is CN1NC=C(SCC2=C(OC(=O)O)N3C(=O)C(N)[C@@H]3SC2)S1. The summed E-state index contributed by atoms with van der Waals surface area (Å²) in [5, 5.41) is 8.67. The van der Waals surface area contributed by atoms with E-state index < -0.39 is 12.2 Å². The highest BCUT2D eigenvalue weighted by molar-refractivity contribution is 8.21. The van der Waals surface area contributed by atoms with Crippen molar-refractivity contribution in [1.29, 1.82) is 0 Å². The first-order valence-electron chi connectivity index (χ1n) is 6.31. The van der Waals surface area contributed by atoms with Gasteiger partial charge in [-0.25, -0.2) is 4.79 Å². The first-order valence-corrected chi connectivity index (χ1v) is 9.12. The van der Waals surface area contributed by atoms with Gasteiger partial charge in [0.05, 0.1) is 4.24 Å². The summed E-state index contributed by atoms with van der Waals surface area (Å²) in [5.41, 5.74) is 9.54. The maximum absolute atomic E-state index is 11.9. The molecule has 3 aliphatic rings. The van der Waals surface area contributed by atoms with E-state index in [0.29, 0.717) is 11.5 Å². The number of carbonyl (C=O) groups is 2. The number of carbonyl (C=O) groups excluding carboxylic acids is 1. The Morgan fingerprint density at radius 3 is 3.09 bits per heavy atom. The Labute approximate surface area is 139 Å². The second-order valence-electron chi connectivity index (χ2n) is 4.68. The van der Waals surface area contributed by atoms with E-state index in [1.807, 2.05) is 17.7 Å². The predicted octanol–water partition coefficient (Wildman–Crippen LogP) is 0.765. The van der Waals surface area contributed by atoms with Crippen LogP contribution < -0.4 is 11.2 Å². The molecule has 0 aromatic heterocycles. The Bertz CT molecular complexity index is 582. The van der Waals surface area contributed by atoms with Gasteiger partial charge in [0.1, 0.15) is 11.4 Å². The number of fused-ring (bicyclic) bond motifs is 1. The monoisotopic (exact) mass is 362 g/mol. The predicted molar refractivity (Wildman–Crippen MR) is 86.2 cm³/mol. The van der Waals surface area contributed by atoms with Gasteiger partial charge < -0.3 is 21.0 Å². The van der Waals surface area contributed by atoms with E-state index in [0.717, 1.165) is 9.81 Å². The van der Waals surface area contributed by atoms with Crippen molar-refractivity contribution in [3.63, 3.8) is 0 Å². The fourth-order valence-electron chi connectivity index (χ4n) is 2.16. The fraction of sp³-hybridized carbons (Fsp3) is 0.455. The molecule has 8 nitrogen and oxygen atoms in total. The van der Waals surface area contributed by atoms with Crippen LogP contribution in [0.15, 0.2) is 21.9 Å². The minimum atomic E-state index is -1.42. The molecule has 0 radical (unpaired) electrons. The van der Waals surface area contributed by atoms with Gasteiger partial charge in [-0.15, -0.1) is 23.5 Å². The van der Waals surface area contributed by atoms with Gasteiger partial charge in [0, 0.05) is 30.3 Å². The zero-order valence-electron chi connectivity index (χ0n) is 11.5. The van der Waals surface area contributed by atoms with E-state index in [1.54, 1.807) is 23.7 Å². The Hall–Kier alpha value is -1.01. The average molecular weight is 362 g/mol. The molecule has 2 atom stereocenters. The van der Waals surface area contributed by atoms with Gasteiger partial charge in [0.15, 0.2) is 0 Å². The summed E-state index contributed by atoms with van der Waals surface area (Å²) in [4.78, 5) is 24.1. The van der Waals surface area contributed by atoms with E-state index in [9.17, 15) is 9.59 Å². The van der Waals surface area contributed by atoms with Crippen molar-refractivity contribution >= 4 is 47.5 Å². The van der Waals surface area contributed by atoms with Crippen molar-refractivity contribution in [3.05, 3.63) is 21.9 Å². The van der Waals surface area contributed by atoms with E-state index in [2.05, 4.69) is 5.43 Å². The molecule has 0 aromatic rings.